The molecule has 2 aliphatic heterocycles. The van der Waals surface area contributed by atoms with Crippen molar-refractivity contribution in [3.05, 3.63) is 35.6 Å². The van der Waals surface area contributed by atoms with Gasteiger partial charge in [-0.05, 0) is 31.7 Å². The van der Waals surface area contributed by atoms with Crippen molar-refractivity contribution >= 4 is 0 Å². The van der Waals surface area contributed by atoms with Crippen LogP contribution in [0.3, 0.4) is 0 Å². The van der Waals surface area contributed by atoms with Crippen LogP contribution in [0.5, 0.6) is 0 Å². The van der Waals surface area contributed by atoms with Gasteiger partial charge in [-0.3, -0.25) is 0 Å². The third kappa shape index (κ3) is 1.68. The van der Waals surface area contributed by atoms with E-state index in [4.69, 9.17) is 10.5 Å². The van der Waals surface area contributed by atoms with E-state index in [1.807, 2.05) is 6.92 Å². The van der Waals surface area contributed by atoms with Gasteiger partial charge >= 0.3 is 0 Å². The molecule has 2 fully saturated rings. The second-order valence-electron chi connectivity index (χ2n) is 6.08. The molecule has 3 nitrogen and oxygen atoms in total. The van der Waals surface area contributed by atoms with Gasteiger partial charge in [-0.1, -0.05) is 25.1 Å². The Balaban J connectivity index is 2.10. The average Bonchev–Trinajstić information content (AvgIpc) is 3.08. The summed E-state index contributed by atoms with van der Waals surface area (Å²) >= 11 is 0. The molecular formula is C16H22FNO2. The summed E-state index contributed by atoms with van der Waals surface area (Å²) in [6.07, 6.45) is 3.16. The fraction of sp³-hybridized carbons (Fsp3) is 0.625. The Kier molecular flexibility index (Phi) is 3.35. The molecule has 1 aromatic rings. The molecule has 0 spiro atoms. The van der Waals surface area contributed by atoms with Crippen molar-refractivity contribution < 1.29 is 14.2 Å². The van der Waals surface area contributed by atoms with Crippen molar-refractivity contribution in [1.82, 2.24) is 0 Å². The van der Waals surface area contributed by atoms with Crippen LogP contribution in [0.15, 0.2) is 24.3 Å². The molecule has 20 heavy (non-hydrogen) atoms. The molecule has 4 heteroatoms. The third-order valence-electron chi connectivity index (χ3n) is 5.33. The van der Waals surface area contributed by atoms with E-state index in [-0.39, 0.29) is 18.0 Å². The highest BCUT2D eigenvalue weighted by Crippen LogP contribution is 2.57. The number of halogens is 1. The molecule has 4 unspecified atom stereocenters. The van der Waals surface area contributed by atoms with Crippen LogP contribution >= 0.6 is 0 Å². The molecule has 0 aromatic heterocycles. The zero-order valence-corrected chi connectivity index (χ0v) is 11.8. The van der Waals surface area contributed by atoms with Gasteiger partial charge in [0.05, 0.1) is 12.2 Å². The average molecular weight is 279 g/mol. The van der Waals surface area contributed by atoms with Crippen molar-refractivity contribution in [2.24, 2.45) is 11.1 Å². The SMILES string of the molecule is CCC(O)(c1ccccc1F)C1(CN)CC2CCC1O2. The molecule has 0 aliphatic carbocycles. The summed E-state index contributed by atoms with van der Waals surface area (Å²) in [6, 6.07) is 6.47. The first-order valence-electron chi connectivity index (χ1n) is 7.40. The van der Waals surface area contributed by atoms with Crippen molar-refractivity contribution in [3.8, 4) is 0 Å². The molecular weight excluding hydrogens is 257 g/mol. The van der Waals surface area contributed by atoms with Crippen LogP contribution in [0.1, 0.15) is 38.2 Å². The van der Waals surface area contributed by atoms with Gasteiger partial charge in [0.25, 0.3) is 0 Å². The number of benzene rings is 1. The topological polar surface area (TPSA) is 55.5 Å². The Morgan fingerprint density at radius 1 is 1.45 bits per heavy atom. The lowest BCUT2D eigenvalue weighted by Crippen LogP contribution is -2.56. The number of nitrogens with two attached hydrogens (primary N) is 1. The Morgan fingerprint density at radius 2 is 2.20 bits per heavy atom. The monoisotopic (exact) mass is 279 g/mol. The zero-order valence-electron chi connectivity index (χ0n) is 11.8. The van der Waals surface area contributed by atoms with Gasteiger partial charge in [0.15, 0.2) is 0 Å². The zero-order chi connectivity index (χ0) is 14.4. The van der Waals surface area contributed by atoms with Crippen molar-refractivity contribution in [1.29, 1.82) is 0 Å². The summed E-state index contributed by atoms with van der Waals surface area (Å²) in [5, 5.41) is 11.3. The lowest BCUT2D eigenvalue weighted by molar-refractivity contribution is -0.122. The lowest BCUT2D eigenvalue weighted by Gasteiger charge is -2.48. The first kappa shape index (κ1) is 14.0. The van der Waals surface area contributed by atoms with E-state index in [1.54, 1.807) is 18.2 Å². The van der Waals surface area contributed by atoms with E-state index in [0.717, 1.165) is 12.8 Å². The van der Waals surface area contributed by atoms with Crippen LogP contribution in [0.2, 0.25) is 0 Å². The molecule has 3 N–H and O–H groups in total. The number of ether oxygens (including phenoxy) is 1. The highest BCUT2D eigenvalue weighted by molar-refractivity contribution is 5.30. The van der Waals surface area contributed by atoms with Crippen LogP contribution in [0.4, 0.5) is 4.39 Å². The Labute approximate surface area is 118 Å². The number of rotatable bonds is 4. The van der Waals surface area contributed by atoms with E-state index < -0.39 is 11.0 Å². The van der Waals surface area contributed by atoms with Gasteiger partial charge < -0.3 is 15.6 Å². The Morgan fingerprint density at radius 3 is 2.70 bits per heavy atom. The van der Waals surface area contributed by atoms with E-state index in [0.29, 0.717) is 24.9 Å². The van der Waals surface area contributed by atoms with E-state index in [9.17, 15) is 9.50 Å². The molecule has 2 heterocycles. The van der Waals surface area contributed by atoms with Gasteiger partial charge in [0.2, 0.25) is 0 Å². The van der Waals surface area contributed by atoms with Gasteiger partial charge in [-0.2, -0.15) is 0 Å². The lowest BCUT2D eigenvalue weighted by atomic mass is 9.59. The largest absolute Gasteiger partial charge is 0.384 e. The predicted molar refractivity (Wildman–Crippen MR) is 74.6 cm³/mol. The van der Waals surface area contributed by atoms with E-state index in [2.05, 4.69) is 0 Å². The standard InChI is InChI=1S/C16H22FNO2/c1-2-16(19,12-5-3-4-6-13(12)17)15(10-18)9-11-7-8-14(15)20-11/h3-6,11,14,19H,2,7-10,18H2,1H3. The van der Waals surface area contributed by atoms with Crippen LogP contribution in [0.25, 0.3) is 0 Å². The Hall–Kier alpha value is -0.970. The molecule has 0 amide bonds. The molecule has 0 saturated carbocycles. The van der Waals surface area contributed by atoms with Gasteiger partial charge in [0, 0.05) is 17.5 Å². The molecule has 1 aromatic carbocycles. The summed E-state index contributed by atoms with van der Waals surface area (Å²) in [5.74, 6) is -0.368. The minimum absolute atomic E-state index is 0.0675. The highest BCUT2D eigenvalue weighted by Gasteiger charge is 2.62. The molecule has 2 saturated heterocycles. The molecule has 2 bridgehead atoms. The van der Waals surface area contributed by atoms with Gasteiger partial charge in [0.1, 0.15) is 11.4 Å². The molecule has 3 rings (SSSR count). The first-order chi connectivity index (χ1) is 9.57. The number of fused-ring (bicyclic) bond motifs is 2. The number of hydrogen-bond donors (Lipinski definition) is 2. The minimum atomic E-state index is -1.27. The Bertz CT molecular complexity index is 509. The maximum atomic E-state index is 14.2. The molecule has 2 aliphatic rings. The normalized spacial score (nSPS) is 35.2. The summed E-state index contributed by atoms with van der Waals surface area (Å²) in [4.78, 5) is 0. The first-order valence-corrected chi connectivity index (χ1v) is 7.40. The fourth-order valence-electron chi connectivity index (χ4n) is 4.23. The van der Waals surface area contributed by atoms with Gasteiger partial charge in [-0.15, -0.1) is 0 Å². The molecule has 110 valence electrons. The second-order valence-corrected chi connectivity index (χ2v) is 6.08. The summed E-state index contributed by atoms with van der Waals surface area (Å²) in [7, 11) is 0. The smallest absolute Gasteiger partial charge is 0.129 e. The summed E-state index contributed by atoms with van der Waals surface area (Å²) in [6.45, 7) is 2.20. The summed E-state index contributed by atoms with van der Waals surface area (Å²) in [5.41, 5.74) is 4.55. The van der Waals surface area contributed by atoms with Crippen LogP contribution < -0.4 is 5.73 Å². The number of hydrogen-bond acceptors (Lipinski definition) is 3. The van der Waals surface area contributed by atoms with Crippen LogP contribution in [-0.4, -0.2) is 23.9 Å². The quantitative estimate of drug-likeness (QED) is 0.889. The third-order valence-corrected chi connectivity index (χ3v) is 5.33. The van der Waals surface area contributed by atoms with E-state index >= 15 is 0 Å². The van der Waals surface area contributed by atoms with Crippen LogP contribution in [0, 0.1) is 11.2 Å². The van der Waals surface area contributed by atoms with Crippen LogP contribution in [-0.2, 0) is 10.3 Å². The number of aliphatic hydroxyl groups is 1. The maximum Gasteiger partial charge on any atom is 0.129 e. The second kappa shape index (κ2) is 4.79. The van der Waals surface area contributed by atoms with Gasteiger partial charge in [-0.25, -0.2) is 4.39 Å². The fourth-order valence-corrected chi connectivity index (χ4v) is 4.23. The maximum absolute atomic E-state index is 14.2. The predicted octanol–water partition coefficient (Wildman–Crippen LogP) is 2.32. The highest BCUT2D eigenvalue weighted by atomic mass is 19.1. The minimum Gasteiger partial charge on any atom is -0.384 e. The van der Waals surface area contributed by atoms with Crippen molar-refractivity contribution in [3.63, 3.8) is 0 Å². The molecule has 4 atom stereocenters. The van der Waals surface area contributed by atoms with E-state index in [1.165, 1.54) is 6.07 Å². The van der Waals surface area contributed by atoms with Crippen molar-refractivity contribution in [2.75, 3.05) is 6.54 Å². The van der Waals surface area contributed by atoms with Crippen molar-refractivity contribution in [2.45, 2.75) is 50.4 Å². The molecule has 0 radical (unpaired) electrons. The summed E-state index contributed by atoms with van der Waals surface area (Å²) < 4.78 is 20.2.